The Kier molecular flexibility index (Phi) is 8.07. The predicted molar refractivity (Wildman–Crippen MR) is 108 cm³/mol. The summed E-state index contributed by atoms with van der Waals surface area (Å²) in [5.41, 5.74) is 0.428. The lowest BCUT2D eigenvalue weighted by molar-refractivity contribution is 0.0217. The Morgan fingerprint density at radius 1 is 1.25 bits per heavy atom. The summed E-state index contributed by atoms with van der Waals surface area (Å²) >= 11 is 0. The molecule has 0 radical (unpaired) electrons. The molecule has 6 heteroatoms. The number of hydrogen-bond acceptors (Lipinski definition) is 3. The van der Waals surface area contributed by atoms with Gasteiger partial charge in [-0.15, -0.1) is 24.0 Å². The van der Waals surface area contributed by atoms with Crippen LogP contribution in [-0.2, 0) is 4.74 Å². The summed E-state index contributed by atoms with van der Waals surface area (Å²) in [6, 6.07) is 0. The van der Waals surface area contributed by atoms with Gasteiger partial charge in [0.1, 0.15) is 0 Å². The molecule has 1 aliphatic carbocycles. The minimum Gasteiger partial charge on any atom is -0.391 e. The van der Waals surface area contributed by atoms with E-state index >= 15 is 0 Å². The van der Waals surface area contributed by atoms with Crippen molar-refractivity contribution in [2.75, 3.05) is 39.9 Å². The highest BCUT2D eigenvalue weighted by Crippen LogP contribution is 2.39. The SMILES string of the molecule is CN=C(NCC(O)C1CCCCC1)N1CCC2(CCOCC2)C1.I. The lowest BCUT2D eigenvalue weighted by Crippen LogP contribution is -2.45. The van der Waals surface area contributed by atoms with Crippen LogP contribution < -0.4 is 5.32 Å². The number of halogens is 1. The summed E-state index contributed by atoms with van der Waals surface area (Å²) in [6.45, 7) is 4.58. The van der Waals surface area contributed by atoms with Gasteiger partial charge in [-0.1, -0.05) is 19.3 Å². The number of aliphatic hydroxyl groups excluding tert-OH is 1. The van der Waals surface area contributed by atoms with E-state index in [1.165, 1.54) is 51.4 Å². The van der Waals surface area contributed by atoms with Gasteiger partial charge in [0.15, 0.2) is 5.96 Å². The van der Waals surface area contributed by atoms with Gasteiger partial charge in [-0.2, -0.15) is 0 Å². The molecule has 2 aliphatic heterocycles. The Balaban J connectivity index is 0.00000208. The summed E-state index contributed by atoms with van der Waals surface area (Å²) in [6.07, 6.45) is 9.56. The number of nitrogens with zero attached hydrogens (tertiary/aromatic N) is 2. The Morgan fingerprint density at radius 3 is 2.62 bits per heavy atom. The normalized spacial score (nSPS) is 26.2. The summed E-state index contributed by atoms with van der Waals surface area (Å²) in [4.78, 5) is 6.83. The average Bonchev–Trinajstić information content (AvgIpc) is 3.00. The highest BCUT2D eigenvalue weighted by Gasteiger charge is 2.40. The highest BCUT2D eigenvalue weighted by molar-refractivity contribution is 14.0. The van der Waals surface area contributed by atoms with E-state index < -0.39 is 0 Å². The van der Waals surface area contributed by atoms with Crippen molar-refractivity contribution in [3.63, 3.8) is 0 Å². The number of aliphatic imine (C=N–C) groups is 1. The number of hydrogen-bond donors (Lipinski definition) is 2. The van der Waals surface area contributed by atoms with Crippen LogP contribution in [0, 0.1) is 11.3 Å². The van der Waals surface area contributed by atoms with Crippen LogP contribution in [0.4, 0.5) is 0 Å². The quantitative estimate of drug-likeness (QED) is 0.394. The largest absolute Gasteiger partial charge is 0.391 e. The molecular formula is C18H34IN3O2. The predicted octanol–water partition coefficient (Wildman–Crippen LogP) is 2.62. The third-order valence-corrected chi connectivity index (χ3v) is 6.17. The zero-order chi connectivity index (χ0) is 16.1. The first-order chi connectivity index (χ1) is 11.2. The van der Waals surface area contributed by atoms with Gasteiger partial charge in [0.25, 0.3) is 0 Å². The molecule has 24 heavy (non-hydrogen) atoms. The Hall–Kier alpha value is -0.0800. The molecule has 2 N–H and O–H groups in total. The molecule has 1 spiro atoms. The van der Waals surface area contributed by atoms with E-state index in [1.807, 2.05) is 7.05 Å². The number of nitrogens with one attached hydrogen (secondary N) is 1. The Bertz CT molecular complexity index is 407. The van der Waals surface area contributed by atoms with Crippen molar-refractivity contribution in [1.29, 1.82) is 0 Å². The van der Waals surface area contributed by atoms with E-state index in [0.717, 1.165) is 32.3 Å². The minimum atomic E-state index is -0.244. The molecular weight excluding hydrogens is 417 g/mol. The minimum absolute atomic E-state index is 0. The summed E-state index contributed by atoms with van der Waals surface area (Å²) in [5.74, 6) is 1.43. The van der Waals surface area contributed by atoms with Crippen molar-refractivity contribution in [3.8, 4) is 0 Å². The lowest BCUT2D eigenvalue weighted by atomic mass is 9.80. The van der Waals surface area contributed by atoms with E-state index in [-0.39, 0.29) is 30.1 Å². The number of guanidine groups is 1. The molecule has 0 aromatic heterocycles. The maximum Gasteiger partial charge on any atom is 0.193 e. The summed E-state index contributed by atoms with van der Waals surface area (Å²) in [7, 11) is 1.85. The fourth-order valence-corrected chi connectivity index (χ4v) is 4.54. The summed E-state index contributed by atoms with van der Waals surface area (Å²) < 4.78 is 5.53. The Labute approximate surface area is 163 Å². The van der Waals surface area contributed by atoms with Gasteiger partial charge in [0.05, 0.1) is 6.10 Å². The van der Waals surface area contributed by atoms with Gasteiger partial charge in [-0.25, -0.2) is 0 Å². The van der Waals surface area contributed by atoms with Gasteiger partial charge < -0.3 is 20.1 Å². The maximum absolute atomic E-state index is 10.5. The van der Waals surface area contributed by atoms with Crippen molar-refractivity contribution >= 4 is 29.9 Å². The van der Waals surface area contributed by atoms with Gasteiger partial charge >= 0.3 is 0 Å². The van der Waals surface area contributed by atoms with E-state index in [9.17, 15) is 5.11 Å². The first-order valence-electron chi connectivity index (χ1n) is 9.44. The second kappa shape index (κ2) is 9.57. The van der Waals surface area contributed by atoms with Gasteiger partial charge in [-0.3, -0.25) is 4.99 Å². The zero-order valence-corrected chi connectivity index (χ0v) is 17.3. The highest BCUT2D eigenvalue weighted by atomic mass is 127. The van der Waals surface area contributed by atoms with E-state index in [1.54, 1.807) is 0 Å². The molecule has 0 amide bonds. The zero-order valence-electron chi connectivity index (χ0n) is 15.0. The number of likely N-dealkylation sites (tertiary alicyclic amines) is 1. The third-order valence-electron chi connectivity index (χ3n) is 6.17. The molecule has 0 aromatic rings. The van der Waals surface area contributed by atoms with Crippen molar-refractivity contribution in [3.05, 3.63) is 0 Å². The first-order valence-corrected chi connectivity index (χ1v) is 9.44. The van der Waals surface area contributed by atoms with Crippen LogP contribution in [0.25, 0.3) is 0 Å². The lowest BCUT2D eigenvalue weighted by Gasteiger charge is -2.34. The smallest absolute Gasteiger partial charge is 0.193 e. The fraction of sp³-hybridized carbons (Fsp3) is 0.944. The molecule has 3 aliphatic rings. The molecule has 5 nitrogen and oxygen atoms in total. The second-order valence-electron chi connectivity index (χ2n) is 7.68. The van der Waals surface area contributed by atoms with Gasteiger partial charge in [-0.05, 0) is 43.4 Å². The van der Waals surface area contributed by atoms with Crippen LogP contribution in [0.15, 0.2) is 4.99 Å². The molecule has 140 valence electrons. The molecule has 1 unspecified atom stereocenters. The van der Waals surface area contributed by atoms with Crippen LogP contribution >= 0.6 is 24.0 Å². The van der Waals surface area contributed by atoms with Crippen molar-refractivity contribution in [1.82, 2.24) is 10.2 Å². The fourth-order valence-electron chi connectivity index (χ4n) is 4.54. The third kappa shape index (κ3) is 4.97. The molecule has 1 saturated carbocycles. The van der Waals surface area contributed by atoms with Crippen LogP contribution in [-0.4, -0.2) is 62.0 Å². The molecule has 3 rings (SSSR count). The van der Waals surface area contributed by atoms with E-state index in [4.69, 9.17) is 4.74 Å². The van der Waals surface area contributed by atoms with Gasteiger partial charge in [0, 0.05) is 39.9 Å². The van der Waals surface area contributed by atoms with Crippen LogP contribution in [0.2, 0.25) is 0 Å². The van der Waals surface area contributed by atoms with Crippen molar-refractivity contribution < 1.29 is 9.84 Å². The average molecular weight is 451 g/mol. The van der Waals surface area contributed by atoms with E-state index in [2.05, 4.69) is 15.2 Å². The topological polar surface area (TPSA) is 57.1 Å². The molecule has 0 aromatic carbocycles. The standard InChI is InChI=1S/C18H33N3O2.HI/c1-19-17(20-13-16(22)15-5-3-2-4-6-15)21-10-7-18(14-21)8-11-23-12-9-18;/h15-16,22H,2-14H2,1H3,(H,19,20);1H. The number of rotatable bonds is 3. The number of ether oxygens (including phenoxy) is 1. The molecule has 2 heterocycles. The molecule has 0 bridgehead atoms. The molecule has 3 fully saturated rings. The second-order valence-corrected chi connectivity index (χ2v) is 7.68. The van der Waals surface area contributed by atoms with E-state index in [0.29, 0.717) is 17.9 Å². The number of aliphatic hydroxyl groups is 1. The van der Waals surface area contributed by atoms with Crippen LogP contribution in [0.5, 0.6) is 0 Å². The van der Waals surface area contributed by atoms with Gasteiger partial charge in [0.2, 0.25) is 0 Å². The van der Waals surface area contributed by atoms with Crippen LogP contribution in [0.3, 0.4) is 0 Å². The van der Waals surface area contributed by atoms with Crippen molar-refractivity contribution in [2.24, 2.45) is 16.3 Å². The monoisotopic (exact) mass is 451 g/mol. The molecule has 2 saturated heterocycles. The maximum atomic E-state index is 10.5. The molecule has 1 atom stereocenters. The van der Waals surface area contributed by atoms with Crippen molar-refractivity contribution in [2.45, 2.75) is 57.5 Å². The first kappa shape index (κ1) is 20.2. The van der Waals surface area contributed by atoms with Crippen LogP contribution in [0.1, 0.15) is 51.4 Å². The Morgan fingerprint density at radius 2 is 1.96 bits per heavy atom. The summed E-state index contributed by atoms with van der Waals surface area (Å²) in [5, 5.41) is 13.9.